The van der Waals surface area contributed by atoms with Gasteiger partial charge in [0.1, 0.15) is 17.4 Å². The van der Waals surface area contributed by atoms with Crippen LogP contribution >= 0.6 is 23.1 Å². The minimum absolute atomic E-state index is 0.0474. The highest BCUT2D eigenvalue weighted by Gasteiger charge is 2.18. The number of likely N-dealkylation sites (tertiary alicyclic amines) is 1. The molecule has 3 rings (SSSR count). The molecule has 7 heteroatoms. The van der Waals surface area contributed by atoms with Crippen LogP contribution in [0.4, 0.5) is 0 Å². The van der Waals surface area contributed by atoms with Gasteiger partial charge in [0.2, 0.25) is 0 Å². The lowest BCUT2D eigenvalue weighted by Crippen LogP contribution is -3.13. The Bertz CT molecular complexity index is 769. The van der Waals surface area contributed by atoms with Crippen LogP contribution in [0.5, 0.6) is 5.75 Å². The van der Waals surface area contributed by atoms with E-state index in [1.165, 1.54) is 43.7 Å². The number of piperidine rings is 1. The third kappa shape index (κ3) is 3.14. The SMILES string of the molecule is N#Cc1c(SCC[NH+]2CCCCC2)sc2c(O)cc(=O)[nH]c12. The monoisotopic (exact) mass is 336 g/mol. The number of aromatic hydroxyl groups is 1. The summed E-state index contributed by atoms with van der Waals surface area (Å²) in [6, 6.07) is 3.32. The lowest BCUT2D eigenvalue weighted by atomic mass is 10.1. The first-order chi connectivity index (χ1) is 10.7. The van der Waals surface area contributed by atoms with Crippen molar-refractivity contribution in [2.75, 3.05) is 25.4 Å². The van der Waals surface area contributed by atoms with Crippen molar-refractivity contribution < 1.29 is 10.0 Å². The van der Waals surface area contributed by atoms with Gasteiger partial charge in [-0.15, -0.1) is 23.1 Å². The van der Waals surface area contributed by atoms with E-state index in [1.807, 2.05) is 0 Å². The molecule has 2 aromatic rings. The Balaban J connectivity index is 1.77. The van der Waals surface area contributed by atoms with Crippen molar-refractivity contribution in [3.05, 3.63) is 22.0 Å². The largest absolute Gasteiger partial charge is 0.506 e. The summed E-state index contributed by atoms with van der Waals surface area (Å²) in [5, 5.41) is 19.3. The zero-order chi connectivity index (χ0) is 15.5. The number of rotatable bonds is 4. The van der Waals surface area contributed by atoms with Crippen molar-refractivity contribution in [2.45, 2.75) is 23.5 Å². The number of H-pyrrole nitrogens is 1. The van der Waals surface area contributed by atoms with Gasteiger partial charge in [0.25, 0.3) is 5.56 Å². The van der Waals surface area contributed by atoms with Crippen LogP contribution in [0.25, 0.3) is 10.2 Å². The van der Waals surface area contributed by atoms with Gasteiger partial charge in [0.05, 0.1) is 34.1 Å². The van der Waals surface area contributed by atoms with Crippen molar-refractivity contribution in [2.24, 2.45) is 0 Å². The standard InChI is InChI=1S/C15H17N3O2S2/c16-9-10-13-14(11(19)8-12(20)17-13)22-15(10)21-7-6-18-4-2-1-3-5-18/h8H,1-7H2,(H2,17,19,20)/p+1. The number of hydrogen-bond acceptors (Lipinski definition) is 5. The fourth-order valence-corrected chi connectivity index (χ4v) is 5.31. The summed E-state index contributed by atoms with van der Waals surface area (Å²) in [7, 11) is 0. The van der Waals surface area contributed by atoms with Gasteiger partial charge in [0, 0.05) is 11.8 Å². The van der Waals surface area contributed by atoms with Crippen molar-refractivity contribution >= 4 is 33.3 Å². The molecule has 0 aliphatic carbocycles. The van der Waals surface area contributed by atoms with E-state index in [2.05, 4.69) is 11.1 Å². The Labute approximate surface area is 136 Å². The number of pyridine rings is 1. The number of aromatic nitrogens is 1. The highest BCUT2D eigenvalue weighted by Crippen LogP contribution is 2.39. The molecule has 22 heavy (non-hydrogen) atoms. The summed E-state index contributed by atoms with van der Waals surface area (Å²) >= 11 is 3.03. The normalized spacial score (nSPS) is 16.0. The first kappa shape index (κ1) is 15.4. The summed E-state index contributed by atoms with van der Waals surface area (Å²) < 4.78 is 1.47. The molecule has 116 valence electrons. The number of thioether (sulfide) groups is 1. The van der Waals surface area contributed by atoms with Crippen LogP contribution in [-0.4, -0.2) is 35.5 Å². The summed E-state index contributed by atoms with van der Waals surface area (Å²) in [5.74, 6) is 0.899. The molecular weight excluding hydrogens is 318 g/mol. The molecule has 1 aliphatic rings. The predicted octanol–water partition coefficient (Wildman–Crippen LogP) is 1.33. The van der Waals surface area contributed by atoms with Crippen LogP contribution in [0.15, 0.2) is 15.1 Å². The summed E-state index contributed by atoms with van der Waals surface area (Å²) in [5.41, 5.74) is 0.561. The molecule has 5 nitrogen and oxygen atoms in total. The van der Waals surface area contributed by atoms with E-state index in [4.69, 9.17) is 0 Å². The van der Waals surface area contributed by atoms with Gasteiger partial charge < -0.3 is 15.0 Å². The molecule has 3 heterocycles. The minimum atomic E-state index is -0.381. The zero-order valence-electron chi connectivity index (χ0n) is 12.1. The molecule has 1 aliphatic heterocycles. The van der Waals surface area contributed by atoms with Crippen molar-refractivity contribution in [3.8, 4) is 11.8 Å². The average Bonchev–Trinajstić information content (AvgIpc) is 2.86. The molecule has 3 N–H and O–H groups in total. The average molecular weight is 336 g/mol. The van der Waals surface area contributed by atoms with Crippen LogP contribution in [-0.2, 0) is 0 Å². The van der Waals surface area contributed by atoms with Crippen LogP contribution in [0, 0.1) is 11.3 Å². The molecule has 0 spiro atoms. The predicted molar refractivity (Wildman–Crippen MR) is 89.0 cm³/mol. The van der Waals surface area contributed by atoms with E-state index in [-0.39, 0.29) is 11.3 Å². The van der Waals surface area contributed by atoms with Crippen LogP contribution in [0.2, 0.25) is 0 Å². The topological polar surface area (TPSA) is 81.3 Å². The van der Waals surface area contributed by atoms with Gasteiger partial charge in [-0.1, -0.05) is 0 Å². The van der Waals surface area contributed by atoms with E-state index in [9.17, 15) is 15.2 Å². The number of nitrogens with zero attached hydrogens (tertiary/aromatic N) is 1. The molecule has 0 amide bonds. The van der Waals surface area contributed by atoms with Gasteiger partial charge in [-0.2, -0.15) is 5.26 Å². The lowest BCUT2D eigenvalue weighted by Gasteiger charge is -2.23. The maximum absolute atomic E-state index is 11.5. The maximum atomic E-state index is 11.5. The second-order valence-electron chi connectivity index (χ2n) is 5.51. The van der Waals surface area contributed by atoms with Crippen LogP contribution in [0.3, 0.4) is 0 Å². The highest BCUT2D eigenvalue weighted by atomic mass is 32.2. The van der Waals surface area contributed by atoms with E-state index in [1.54, 1.807) is 16.7 Å². The van der Waals surface area contributed by atoms with Crippen molar-refractivity contribution in [1.82, 2.24) is 4.98 Å². The van der Waals surface area contributed by atoms with E-state index >= 15 is 0 Å². The molecule has 2 aromatic heterocycles. The third-order valence-corrected chi connectivity index (χ3v) is 6.47. The number of fused-ring (bicyclic) bond motifs is 1. The molecular formula is C15H18N3O2S2+. The van der Waals surface area contributed by atoms with E-state index < -0.39 is 0 Å². The Morgan fingerprint density at radius 2 is 2.18 bits per heavy atom. The summed E-state index contributed by atoms with van der Waals surface area (Å²) in [4.78, 5) is 15.8. The molecule has 0 atom stereocenters. The molecule has 0 bridgehead atoms. The van der Waals surface area contributed by atoms with Gasteiger partial charge >= 0.3 is 0 Å². The Morgan fingerprint density at radius 1 is 1.41 bits per heavy atom. The Hall–Kier alpha value is -1.49. The van der Waals surface area contributed by atoms with Crippen LogP contribution in [0.1, 0.15) is 24.8 Å². The van der Waals surface area contributed by atoms with Crippen LogP contribution < -0.4 is 10.5 Å². The first-order valence-corrected chi connectivity index (χ1v) is 9.24. The van der Waals surface area contributed by atoms with Gasteiger partial charge in [-0.3, -0.25) is 4.79 Å². The quantitative estimate of drug-likeness (QED) is 0.736. The molecule has 1 saturated heterocycles. The molecule has 0 radical (unpaired) electrons. The van der Waals surface area contributed by atoms with E-state index in [0.717, 1.165) is 22.6 Å². The molecule has 0 unspecified atom stereocenters. The number of quaternary nitrogens is 1. The minimum Gasteiger partial charge on any atom is -0.506 e. The fourth-order valence-electron chi connectivity index (χ4n) is 2.85. The third-order valence-electron chi connectivity index (χ3n) is 3.99. The Kier molecular flexibility index (Phi) is 4.71. The van der Waals surface area contributed by atoms with Crippen molar-refractivity contribution in [1.29, 1.82) is 5.26 Å². The lowest BCUT2D eigenvalue weighted by molar-refractivity contribution is -0.902. The molecule has 0 aromatic carbocycles. The zero-order valence-corrected chi connectivity index (χ0v) is 13.8. The number of nitrogens with one attached hydrogen (secondary N) is 2. The van der Waals surface area contributed by atoms with Gasteiger partial charge in [0.15, 0.2) is 0 Å². The van der Waals surface area contributed by atoms with Gasteiger partial charge in [-0.05, 0) is 19.3 Å². The van der Waals surface area contributed by atoms with E-state index in [0.29, 0.717) is 15.8 Å². The number of hydrogen-bond donors (Lipinski definition) is 3. The summed E-state index contributed by atoms with van der Waals surface area (Å²) in [6.45, 7) is 3.57. The van der Waals surface area contributed by atoms with Crippen molar-refractivity contribution in [3.63, 3.8) is 0 Å². The van der Waals surface area contributed by atoms with Gasteiger partial charge in [-0.25, -0.2) is 0 Å². The maximum Gasteiger partial charge on any atom is 0.252 e. The number of aromatic amines is 1. The second kappa shape index (κ2) is 6.73. The first-order valence-electron chi connectivity index (χ1n) is 7.44. The summed E-state index contributed by atoms with van der Waals surface area (Å²) in [6.07, 6.45) is 3.96. The Morgan fingerprint density at radius 3 is 2.91 bits per heavy atom. The number of thiophene rings is 1. The highest BCUT2D eigenvalue weighted by molar-refractivity contribution is 8.01. The number of nitriles is 1. The molecule has 1 fully saturated rings. The molecule has 0 saturated carbocycles. The fraction of sp³-hybridized carbons (Fsp3) is 0.467. The smallest absolute Gasteiger partial charge is 0.252 e. The second-order valence-corrected chi connectivity index (χ2v) is 7.89.